The van der Waals surface area contributed by atoms with Crippen molar-refractivity contribution in [2.75, 3.05) is 39.6 Å². The number of aliphatic hydroxyl groups is 1. The zero-order valence-electron chi connectivity index (χ0n) is 65.5. The minimum Gasteiger partial charge on any atom is -0.462 e. The molecule has 3 unspecified atom stereocenters. The highest BCUT2D eigenvalue weighted by atomic mass is 31.2. The third kappa shape index (κ3) is 73.0. The number of aliphatic hydroxyl groups excluding tert-OH is 1. The van der Waals surface area contributed by atoms with Crippen molar-refractivity contribution in [3.63, 3.8) is 0 Å². The van der Waals surface area contributed by atoms with Crippen LogP contribution in [0.2, 0.25) is 0 Å². The molecule has 0 aromatic rings. The van der Waals surface area contributed by atoms with E-state index in [-0.39, 0.29) is 25.7 Å². The van der Waals surface area contributed by atoms with Gasteiger partial charge >= 0.3 is 39.5 Å². The first-order chi connectivity index (χ1) is 48.4. The standard InChI is InChI=1S/C81H158O17P2/c1-7-10-12-14-16-18-20-22-24-26-28-29-31-33-35-37-39-46-53-59-65-80(85)97-76(69-91-78(83)63-57-51-45-38-36-34-32-30-27-25-23-21-19-17-15-13-11-8-2)71-95-99(87,88)93-67-75(82)68-94-100(89,90)96-72-77(70-92-79(84)64-58-52-48-42-43-49-55-61-73(4)5)98-81(86)66-60-54-47-41-40-44-50-56-62-74(6)9-3/h73-77,82H,7-72H2,1-6H3,(H,87,88)(H,89,90)/t74?,75-,76-,77-/m1/s1. The average molecular weight is 1470 g/mol. The van der Waals surface area contributed by atoms with Crippen LogP contribution in [0.3, 0.4) is 0 Å². The summed E-state index contributed by atoms with van der Waals surface area (Å²) in [4.78, 5) is 73.0. The smallest absolute Gasteiger partial charge is 0.462 e. The molecule has 0 spiro atoms. The highest BCUT2D eigenvalue weighted by Gasteiger charge is 2.30. The van der Waals surface area contributed by atoms with Crippen molar-refractivity contribution in [1.29, 1.82) is 0 Å². The topological polar surface area (TPSA) is 237 Å². The summed E-state index contributed by atoms with van der Waals surface area (Å²) in [6.07, 6.45) is 62.6. The number of hydrogen-bond acceptors (Lipinski definition) is 15. The monoisotopic (exact) mass is 1470 g/mol. The van der Waals surface area contributed by atoms with Gasteiger partial charge in [0.05, 0.1) is 26.4 Å². The largest absolute Gasteiger partial charge is 0.472 e. The van der Waals surface area contributed by atoms with Gasteiger partial charge in [-0.05, 0) is 37.5 Å². The van der Waals surface area contributed by atoms with Crippen LogP contribution in [-0.2, 0) is 65.4 Å². The molecule has 0 aliphatic rings. The molecular weight excluding hydrogens is 1310 g/mol. The molecule has 0 bridgehead atoms. The van der Waals surface area contributed by atoms with Crippen LogP contribution in [0.15, 0.2) is 0 Å². The number of phosphoric acid groups is 2. The first-order valence-electron chi connectivity index (χ1n) is 42.0. The summed E-state index contributed by atoms with van der Waals surface area (Å²) in [6.45, 7) is 9.57. The van der Waals surface area contributed by atoms with Crippen LogP contribution < -0.4 is 0 Å². The lowest BCUT2D eigenvalue weighted by atomic mass is 9.99. The van der Waals surface area contributed by atoms with Crippen molar-refractivity contribution in [2.45, 2.75) is 445 Å². The number of unbranched alkanes of at least 4 members (excludes halogenated alkanes) is 49. The molecule has 0 aliphatic carbocycles. The molecule has 0 amide bonds. The molecule has 100 heavy (non-hydrogen) atoms. The fraction of sp³-hybridized carbons (Fsp3) is 0.951. The van der Waals surface area contributed by atoms with Crippen LogP contribution in [0.5, 0.6) is 0 Å². The molecule has 0 heterocycles. The molecule has 0 fully saturated rings. The molecule has 19 heteroatoms. The maximum Gasteiger partial charge on any atom is 0.472 e. The quantitative estimate of drug-likeness (QED) is 0.0222. The van der Waals surface area contributed by atoms with Gasteiger partial charge in [0.2, 0.25) is 0 Å². The van der Waals surface area contributed by atoms with Crippen LogP contribution in [0, 0.1) is 11.8 Å². The Morgan fingerprint density at radius 3 is 0.760 bits per heavy atom. The summed E-state index contributed by atoms with van der Waals surface area (Å²) in [7, 11) is -9.92. The first kappa shape index (κ1) is 98.1. The predicted octanol–water partition coefficient (Wildman–Crippen LogP) is 24.3. The minimum atomic E-state index is -4.96. The molecular formula is C81H158O17P2. The van der Waals surface area contributed by atoms with Gasteiger partial charge in [-0.1, -0.05) is 375 Å². The van der Waals surface area contributed by atoms with Crippen LogP contribution in [-0.4, -0.2) is 96.7 Å². The van der Waals surface area contributed by atoms with Gasteiger partial charge in [0.15, 0.2) is 12.2 Å². The molecule has 6 atom stereocenters. The van der Waals surface area contributed by atoms with E-state index in [0.717, 1.165) is 102 Å². The van der Waals surface area contributed by atoms with Crippen molar-refractivity contribution >= 4 is 39.5 Å². The van der Waals surface area contributed by atoms with Gasteiger partial charge in [0.25, 0.3) is 0 Å². The second-order valence-electron chi connectivity index (χ2n) is 29.9. The lowest BCUT2D eigenvalue weighted by Gasteiger charge is -2.21. The lowest BCUT2D eigenvalue weighted by Crippen LogP contribution is -2.30. The normalized spacial score (nSPS) is 14.2. The number of ether oxygens (including phenoxy) is 4. The van der Waals surface area contributed by atoms with Crippen molar-refractivity contribution in [2.24, 2.45) is 11.8 Å². The third-order valence-electron chi connectivity index (χ3n) is 19.3. The Bertz CT molecular complexity index is 1930. The second kappa shape index (κ2) is 72.6. The van der Waals surface area contributed by atoms with E-state index in [4.69, 9.17) is 37.0 Å². The van der Waals surface area contributed by atoms with Gasteiger partial charge in [0, 0.05) is 25.7 Å². The Morgan fingerprint density at radius 1 is 0.290 bits per heavy atom. The molecule has 17 nitrogen and oxygen atoms in total. The molecule has 0 rings (SSSR count). The fourth-order valence-corrected chi connectivity index (χ4v) is 14.1. The summed E-state index contributed by atoms with van der Waals surface area (Å²) in [5.41, 5.74) is 0. The summed E-state index contributed by atoms with van der Waals surface area (Å²) < 4.78 is 68.7. The van der Waals surface area contributed by atoms with Crippen molar-refractivity contribution in [1.82, 2.24) is 0 Å². The molecule has 0 aromatic carbocycles. The number of hydrogen-bond donors (Lipinski definition) is 3. The molecule has 0 radical (unpaired) electrons. The van der Waals surface area contributed by atoms with Gasteiger partial charge in [-0.25, -0.2) is 9.13 Å². The Morgan fingerprint density at radius 2 is 0.510 bits per heavy atom. The minimum absolute atomic E-state index is 0.105. The second-order valence-corrected chi connectivity index (χ2v) is 32.8. The Hall–Kier alpha value is -1.94. The highest BCUT2D eigenvalue weighted by Crippen LogP contribution is 2.45. The average Bonchev–Trinajstić information content (AvgIpc) is 0.923. The maximum atomic E-state index is 13.1. The summed E-state index contributed by atoms with van der Waals surface area (Å²) in [5.74, 6) is -0.638. The Kier molecular flexibility index (Phi) is 71.2. The molecule has 0 aliphatic heterocycles. The van der Waals surface area contributed by atoms with Gasteiger partial charge in [-0.2, -0.15) is 0 Å². The highest BCUT2D eigenvalue weighted by molar-refractivity contribution is 7.47. The van der Waals surface area contributed by atoms with E-state index in [1.807, 2.05) is 0 Å². The van der Waals surface area contributed by atoms with E-state index in [1.165, 1.54) is 238 Å². The first-order valence-corrected chi connectivity index (χ1v) is 45.0. The molecule has 0 aromatic heterocycles. The van der Waals surface area contributed by atoms with Crippen molar-refractivity contribution in [3.05, 3.63) is 0 Å². The molecule has 3 N–H and O–H groups in total. The zero-order chi connectivity index (χ0) is 73.5. The predicted molar refractivity (Wildman–Crippen MR) is 409 cm³/mol. The lowest BCUT2D eigenvalue weighted by molar-refractivity contribution is -0.161. The summed E-state index contributed by atoms with van der Waals surface area (Å²) >= 11 is 0. The number of phosphoric ester groups is 2. The molecule has 594 valence electrons. The summed E-state index contributed by atoms with van der Waals surface area (Å²) in [6, 6.07) is 0. The van der Waals surface area contributed by atoms with Gasteiger partial charge in [-0.15, -0.1) is 0 Å². The van der Waals surface area contributed by atoms with E-state index in [0.29, 0.717) is 31.6 Å². The maximum absolute atomic E-state index is 13.1. The Labute approximate surface area is 613 Å². The zero-order valence-corrected chi connectivity index (χ0v) is 67.3. The molecule has 0 saturated heterocycles. The SMILES string of the molecule is CCCCCCCCCCCCCCCCCCCCCCC(=O)O[C@H](COC(=O)CCCCCCCCCCCCCCCCCCCC)COP(=O)(O)OC[C@@H](O)COP(=O)(O)OC[C@@H](COC(=O)CCCCCCCCCC(C)C)OC(=O)CCCCCCCCCCC(C)CC. The van der Waals surface area contributed by atoms with Crippen molar-refractivity contribution in [3.8, 4) is 0 Å². The van der Waals surface area contributed by atoms with Gasteiger partial charge < -0.3 is 33.8 Å². The van der Waals surface area contributed by atoms with E-state index in [9.17, 15) is 43.2 Å². The van der Waals surface area contributed by atoms with E-state index < -0.39 is 97.5 Å². The molecule has 0 saturated carbocycles. The van der Waals surface area contributed by atoms with Gasteiger partial charge in [0.1, 0.15) is 19.3 Å². The van der Waals surface area contributed by atoms with Crippen LogP contribution in [0.25, 0.3) is 0 Å². The number of esters is 4. The van der Waals surface area contributed by atoms with Crippen LogP contribution in [0.1, 0.15) is 427 Å². The van der Waals surface area contributed by atoms with E-state index in [1.54, 1.807) is 0 Å². The fourth-order valence-electron chi connectivity index (χ4n) is 12.5. The van der Waals surface area contributed by atoms with Crippen LogP contribution >= 0.6 is 15.6 Å². The van der Waals surface area contributed by atoms with Crippen molar-refractivity contribution < 1.29 is 80.2 Å². The summed E-state index contributed by atoms with van der Waals surface area (Å²) in [5, 5.41) is 10.6. The number of carbonyl (C=O) groups excluding carboxylic acids is 4. The van der Waals surface area contributed by atoms with E-state index in [2.05, 4.69) is 41.5 Å². The third-order valence-corrected chi connectivity index (χ3v) is 21.2. The van der Waals surface area contributed by atoms with E-state index >= 15 is 0 Å². The van der Waals surface area contributed by atoms with Crippen LogP contribution in [0.4, 0.5) is 0 Å². The Balaban J connectivity index is 5.22. The van der Waals surface area contributed by atoms with Gasteiger partial charge in [-0.3, -0.25) is 37.3 Å². The number of carbonyl (C=O) groups is 4. The number of rotatable bonds is 80.